The smallest absolute Gasteiger partial charge is 0.115 e. The minimum Gasteiger partial charge on any atom is -0.329 e. The first kappa shape index (κ1) is 9.98. The number of allylic oxidation sites excluding steroid dienone is 1. The molecule has 1 aromatic carbocycles. The first-order chi connectivity index (χ1) is 8.40. The Kier molecular flexibility index (Phi) is 2.34. The number of nitrogens with zero attached hydrogens (tertiary/aromatic N) is 4. The predicted octanol–water partition coefficient (Wildman–Crippen LogP) is 0.814. The molecule has 17 heavy (non-hydrogen) atoms. The van der Waals surface area contributed by atoms with Crippen LogP contribution in [0.1, 0.15) is 5.56 Å². The molecule has 6 nitrogen and oxygen atoms in total. The molecule has 3 rings (SSSR count). The number of rotatable bonds is 2. The highest BCUT2D eigenvalue weighted by Crippen LogP contribution is 2.28. The lowest BCUT2D eigenvalue weighted by Crippen LogP contribution is -2.11. The maximum Gasteiger partial charge on any atom is 0.115 e. The monoisotopic (exact) mass is 228 g/mol. The van der Waals surface area contributed by atoms with Crippen molar-refractivity contribution >= 4 is 29.0 Å². The molecule has 0 saturated carbocycles. The number of aromatic nitrogens is 3. The van der Waals surface area contributed by atoms with Crippen molar-refractivity contribution in [3.05, 3.63) is 23.8 Å². The van der Waals surface area contributed by atoms with Crippen molar-refractivity contribution in [2.75, 3.05) is 12.0 Å². The van der Waals surface area contributed by atoms with Crippen LogP contribution in [0.2, 0.25) is 0 Å². The van der Waals surface area contributed by atoms with Gasteiger partial charge in [0.15, 0.2) is 0 Å². The van der Waals surface area contributed by atoms with E-state index in [4.69, 9.17) is 5.73 Å². The molecule has 0 bridgehead atoms. The third-order valence-electron chi connectivity index (χ3n) is 2.66. The molecule has 6 heteroatoms. The van der Waals surface area contributed by atoms with Crippen LogP contribution in [-0.2, 0) is 6.54 Å². The SMILES string of the molecule is NCCn1nnc2ccc3c(c21)NN=CC=C3. The summed E-state index contributed by atoms with van der Waals surface area (Å²) in [5.41, 5.74) is 12.4. The van der Waals surface area contributed by atoms with Crippen molar-refractivity contribution < 1.29 is 0 Å². The average molecular weight is 228 g/mol. The highest BCUT2D eigenvalue weighted by molar-refractivity contribution is 5.96. The first-order valence-electron chi connectivity index (χ1n) is 5.42. The zero-order valence-electron chi connectivity index (χ0n) is 9.17. The summed E-state index contributed by atoms with van der Waals surface area (Å²) in [6.07, 6.45) is 5.60. The molecule has 0 aliphatic carbocycles. The highest BCUT2D eigenvalue weighted by Gasteiger charge is 2.12. The van der Waals surface area contributed by atoms with Gasteiger partial charge in [-0.1, -0.05) is 17.4 Å². The summed E-state index contributed by atoms with van der Waals surface area (Å²) in [6.45, 7) is 1.17. The van der Waals surface area contributed by atoms with Crippen LogP contribution in [0.4, 0.5) is 5.69 Å². The van der Waals surface area contributed by atoms with Gasteiger partial charge in [-0.25, -0.2) is 4.68 Å². The van der Waals surface area contributed by atoms with Crippen LogP contribution >= 0.6 is 0 Å². The van der Waals surface area contributed by atoms with E-state index in [0.717, 1.165) is 22.3 Å². The fourth-order valence-corrected chi connectivity index (χ4v) is 1.91. The summed E-state index contributed by atoms with van der Waals surface area (Å²) in [7, 11) is 0. The van der Waals surface area contributed by atoms with E-state index in [0.29, 0.717) is 13.1 Å². The van der Waals surface area contributed by atoms with Crippen LogP contribution in [0, 0.1) is 0 Å². The molecule has 86 valence electrons. The molecule has 0 unspecified atom stereocenters. The van der Waals surface area contributed by atoms with Gasteiger partial charge in [-0.05, 0) is 12.1 Å². The third-order valence-corrected chi connectivity index (χ3v) is 2.66. The van der Waals surface area contributed by atoms with Crippen molar-refractivity contribution in [1.29, 1.82) is 0 Å². The molecule has 0 amide bonds. The van der Waals surface area contributed by atoms with E-state index >= 15 is 0 Å². The molecule has 0 atom stereocenters. The van der Waals surface area contributed by atoms with Crippen LogP contribution in [0.3, 0.4) is 0 Å². The minimum atomic E-state index is 0.529. The molecule has 0 spiro atoms. The maximum atomic E-state index is 5.57. The number of nitrogens with two attached hydrogens (primary N) is 1. The van der Waals surface area contributed by atoms with E-state index in [1.165, 1.54) is 0 Å². The van der Waals surface area contributed by atoms with Crippen molar-refractivity contribution in [3.8, 4) is 0 Å². The van der Waals surface area contributed by atoms with Gasteiger partial charge in [-0.15, -0.1) is 5.10 Å². The Morgan fingerprint density at radius 2 is 2.29 bits per heavy atom. The summed E-state index contributed by atoms with van der Waals surface area (Å²) in [5.74, 6) is 0. The normalized spacial score (nSPS) is 13.5. The second-order valence-corrected chi connectivity index (χ2v) is 3.75. The first-order valence-corrected chi connectivity index (χ1v) is 5.42. The quantitative estimate of drug-likeness (QED) is 0.797. The summed E-state index contributed by atoms with van der Waals surface area (Å²) in [6, 6.07) is 3.95. The fourth-order valence-electron chi connectivity index (χ4n) is 1.91. The van der Waals surface area contributed by atoms with Gasteiger partial charge in [0.05, 0.1) is 12.2 Å². The second kappa shape index (κ2) is 3.99. The Balaban J connectivity index is 2.27. The molecule has 1 aromatic heterocycles. The van der Waals surface area contributed by atoms with Crippen LogP contribution in [0.5, 0.6) is 0 Å². The van der Waals surface area contributed by atoms with Gasteiger partial charge < -0.3 is 5.73 Å². The lowest BCUT2D eigenvalue weighted by molar-refractivity contribution is 0.616. The molecule has 0 fully saturated rings. The van der Waals surface area contributed by atoms with Gasteiger partial charge in [0.25, 0.3) is 0 Å². The topological polar surface area (TPSA) is 81.1 Å². The number of hydrogen-bond donors (Lipinski definition) is 2. The standard InChI is InChI=1S/C11H12N6/c12-5-7-17-11-9(14-16-17)4-3-8-2-1-6-13-15-10(8)11/h1-4,6,15H,5,7,12H2. The van der Waals surface area contributed by atoms with Crippen molar-refractivity contribution in [3.63, 3.8) is 0 Å². The van der Waals surface area contributed by atoms with Crippen LogP contribution < -0.4 is 11.2 Å². The molecule has 0 saturated heterocycles. The molecule has 2 aromatic rings. The fraction of sp³-hybridized carbons (Fsp3) is 0.182. The van der Waals surface area contributed by atoms with Gasteiger partial charge in [0, 0.05) is 18.3 Å². The lowest BCUT2D eigenvalue weighted by Gasteiger charge is -2.07. The molecule has 1 aliphatic rings. The molecular formula is C11H12N6. The van der Waals surface area contributed by atoms with Crippen LogP contribution in [0.25, 0.3) is 17.1 Å². The summed E-state index contributed by atoms with van der Waals surface area (Å²) < 4.78 is 1.80. The van der Waals surface area contributed by atoms with Crippen LogP contribution in [0.15, 0.2) is 23.3 Å². The average Bonchev–Trinajstić information content (AvgIpc) is 2.61. The zero-order valence-corrected chi connectivity index (χ0v) is 9.17. The summed E-state index contributed by atoms with van der Waals surface area (Å²) in [5, 5.41) is 12.3. The highest BCUT2D eigenvalue weighted by atomic mass is 15.4. The Morgan fingerprint density at radius 1 is 1.35 bits per heavy atom. The van der Waals surface area contributed by atoms with Gasteiger partial charge in [0.1, 0.15) is 11.0 Å². The Labute approximate surface area is 97.8 Å². The Morgan fingerprint density at radius 3 is 3.18 bits per heavy atom. The largest absolute Gasteiger partial charge is 0.329 e. The van der Waals surface area contributed by atoms with E-state index < -0.39 is 0 Å². The van der Waals surface area contributed by atoms with E-state index in [1.807, 2.05) is 24.3 Å². The third kappa shape index (κ3) is 1.58. The van der Waals surface area contributed by atoms with Crippen molar-refractivity contribution in [1.82, 2.24) is 15.0 Å². The van der Waals surface area contributed by atoms with E-state index in [1.54, 1.807) is 10.9 Å². The number of fused-ring (bicyclic) bond motifs is 3. The molecule has 1 aliphatic heterocycles. The van der Waals surface area contributed by atoms with E-state index in [9.17, 15) is 0 Å². The Hall–Kier alpha value is -2.21. The zero-order chi connectivity index (χ0) is 11.7. The molecular weight excluding hydrogens is 216 g/mol. The maximum absolute atomic E-state index is 5.57. The second-order valence-electron chi connectivity index (χ2n) is 3.75. The van der Waals surface area contributed by atoms with Gasteiger partial charge in [0.2, 0.25) is 0 Å². The summed E-state index contributed by atoms with van der Waals surface area (Å²) >= 11 is 0. The molecule has 0 radical (unpaired) electrons. The van der Waals surface area contributed by atoms with E-state index in [2.05, 4.69) is 20.8 Å². The minimum absolute atomic E-state index is 0.529. The number of benzene rings is 1. The van der Waals surface area contributed by atoms with Gasteiger partial charge in [-0.3, -0.25) is 5.43 Å². The lowest BCUT2D eigenvalue weighted by atomic mass is 10.1. The predicted molar refractivity (Wildman–Crippen MR) is 67.7 cm³/mol. The number of hydrazone groups is 1. The van der Waals surface area contributed by atoms with Gasteiger partial charge in [-0.2, -0.15) is 5.10 Å². The van der Waals surface area contributed by atoms with Crippen molar-refractivity contribution in [2.24, 2.45) is 10.8 Å². The van der Waals surface area contributed by atoms with Gasteiger partial charge >= 0.3 is 0 Å². The number of hydrogen-bond acceptors (Lipinski definition) is 5. The van der Waals surface area contributed by atoms with E-state index in [-0.39, 0.29) is 0 Å². The number of anilines is 1. The van der Waals surface area contributed by atoms with Crippen LogP contribution in [-0.4, -0.2) is 27.8 Å². The molecule has 3 N–H and O–H groups in total. The Bertz CT molecular complexity index is 610. The molecule has 2 heterocycles. The number of nitrogens with one attached hydrogen (secondary N) is 1. The van der Waals surface area contributed by atoms with Crippen molar-refractivity contribution in [2.45, 2.75) is 6.54 Å². The summed E-state index contributed by atoms with van der Waals surface area (Å²) in [4.78, 5) is 0.